The predicted octanol–water partition coefficient (Wildman–Crippen LogP) is 2.62. The third kappa shape index (κ3) is 3.84. The lowest BCUT2D eigenvalue weighted by Crippen LogP contribution is -2.30. The summed E-state index contributed by atoms with van der Waals surface area (Å²) >= 11 is 0. The van der Waals surface area contributed by atoms with Crippen LogP contribution in [0.5, 0.6) is 11.5 Å². The average molecular weight is 326 g/mol. The molecule has 2 N–H and O–H groups in total. The summed E-state index contributed by atoms with van der Waals surface area (Å²) in [5, 5.41) is 5.49. The third-order valence-electron chi connectivity index (χ3n) is 3.65. The molecule has 1 aliphatic rings. The predicted molar refractivity (Wildman–Crippen MR) is 88.8 cm³/mol. The van der Waals surface area contributed by atoms with Gasteiger partial charge in [0.1, 0.15) is 6.42 Å². The Morgan fingerprint density at radius 1 is 1.04 bits per heavy atom. The molecule has 0 saturated heterocycles. The minimum atomic E-state index is -0.383. The van der Waals surface area contributed by atoms with Crippen LogP contribution in [0.1, 0.15) is 24.9 Å². The first-order chi connectivity index (χ1) is 11.6. The zero-order valence-corrected chi connectivity index (χ0v) is 13.2. The summed E-state index contributed by atoms with van der Waals surface area (Å²) in [5.41, 5.74) is 1.55. The minimum absolute atomic E-state index is 0.156. The van der Waals surface area contributed by atoms with E-state index >= 15 is 0 Å². The van der Waals surface area contributed by atoms with Crippen LogP contribution in [0.15, 0.2) is 48.5 Å². The van der Waals surface area contributed by atoms with Crippen molar-refractivity contribution in [2.45, 2.75) is 19.4 Å². The highest BCUT2D eigenvalue weighted by Gasteiger charge is 2.16. The summed E-state index contributed by atoms with van der Waals surface area (Å²) in [6.45, 7) is 2.05. The maximum atomic E-state index is 12.0. The summed E-state index contributed by atoms with van der Waals surface area (Å²) in [5.74, 6) is 0.508. The lowest BCUT2D eigenvalue weighted by atomic mass is 10.1. The molecule has 0 saturated carbocycles. The van der Waals surface area contributed by atoms with Gasteiger partial charge in [-0.15, -0.1) is 0 Å². The summed E-state index contributed by atoms with van der Waals surface area (Å²) in [6.07, 6.45) is -0.244. The monoisotopic (exact) mass is 326 g/mol. The van der Waals surface area contributed by atoms with E-state index in [1.165, 1.54) is 0 Å². The van der Waals surface area contributed by atoms with E-state index < -0.39 is 0 Å². The number of anilines is 1. The number of fused-ring (bicyclic) bond motifs is 1. The normalized spacial score (nSPS) is 13.2. The van der Waals surface area contributed by atoms with Crippen LogP contribution in [0.4, 0.5) is 5.69 Å². The average Bonchev–Trinajstić information content (AvgIpc) is 3.03. The summed E-state index contributed by atoms with van der Waals surface area (Å²) < 4.78 is 10.5. The van der Waals surface area contributed by atoms with Crippen molar-refractivity contribution in [3.63, 3.8) is 0 Å². The molecule has 0 aliphatic carbocycles. The fourth-order valence-electron chi connectivity index (χ4n) is 2.44. The van der Waals surface area contributed by atoms with E-state index in [9.17, 15) is 9.59 Å². The molecule has 3 rings (SSSR count). The molecule has 0 radical (unpaired) electrons. The molecule has 1 atom stereocenters. The highest BCUT2D eigenvalue weighted by atomic mass is 16.7. The van der Waals surface area contributed by atoms with Crippen LogP contribution >= 0.6 is 0 Å². The fourth-order valence-corrected chi connectivity index (χ4v) is 2.44. The summed E-state index contributed by atoms with van der Waals surface area (Å²) in [6, 6.07) is 14.5. The quantitative estimate of drug-likeness (QED) is 0.828. The molecule has 0 bridgehead atoms. The lowest BCUT2D eigenvalue weighted by molar-refractivity contribution is -0.127. The first-order valence-corrected chi connectivity index (χ1v) is 7.65. The second-order valence-electron chi connectivity index (χ2n) is 5.49. The molecule has 2 aromatic rings. The number of hydrogen-bond acceptors (Lipinski definition) is 4. The number of ether oxygens (including phenoxy) is 2. The number of nitrogens with one attached hydrogen (secondary N) is 2. The first-order valence-electron chi connectivity index (χ1n) is 7.65. The molecular weight excluding hydrogens is 308 g/mol. The number of rotatable bonds is 5. The van der Waals surface area contributed by atoms with E-state index in [0.717, 1.165) is 5.56 Å². The zero-order chi connectivity index (χ0) is 16.9. The highest BCUT2D eigenvalue weighted by Crippen LogP contribution is 2.34. The first kappa shape index (κ1) is 15.9. The zero-order valence-electron chi connectivity index (χ0n) is 13.2. The lowest BCUT2D eigenvalue weighted by Gasteiger charge is -2.14. The van der Waals surface area contributed by atoms with Crippen LogP contribution in [0, 0.1) is 0 Å². The maximum Gasteiger partial charge on any atom is 0.233 e. The van der Waals surface area contributed by atoms with Crippen LogP contribution in [-0.4, -0.2) is 18.6 Å². The van der Waals surface area contributed by atoms with Gasteiger partial charge >= 0.3 is 0 Å². The van der Waals surface area contributed by atoms with Crippen molar-refractivity contribution in [3.8, 4) is 11.5 Å². The second-order valence-corrected chi connectivity index (χ2v) is 5.49. The summed E-state index contributed by atoms with van der Waals surface area (Å²) in [4.78, 5) is 24.0. The van der Waals surface area contributed by atoms with E-state index in [2.05, 4.69) is 10.6 Å². The summed E-state index contributed by atoms with van der Waals surface area (Å²) in [7, 11) is 0. The van der Waals surface area contributed by atoms with Crippen molar-refractivity contribution in [2.75, 3.05) is 12.1 Å². The van der Waals surface area contributed by atoms with Crippen molar-refractivity contribution >= 4 is 17.5 Å². The van der Waals surface area contributed by atoms with Gasteiger partial charge in [0.15, 0.2) is 11.5 Å². The van der Waals surface area contributed by atoms with E-state index in [0.29, 0.717) is 17.2 Å². The Morgan fingerprint density at radius 2 is 1.79 bits per heavy atom. The number of carbonyl (C=O) groups excluding carboxylic acids is 2. The van der Waals surface area contributed by atoms with Crippen molar-refractivity contribution in [3.05, 3.63) is 54.1 Å². The Hall–Kier alpha value is -3.02. The van der Waals surface area contributed by atoms with Gasteiger partial charge in [0.25, 0.3) is 0 Å². The van der Waals surface area contributed by atoms with Gasteiger partial charge in [0, 0.05) is 11.8 Å². The number of benzene rings is 2. The standard InChI is InChI=1S/C18H18N2O4/c1-12(13-5-3-2-4-6-13)19-17(21)10-18(22)20-14-7-8-15-16(9-14)24-11-23-15/h2-9,12H,10-11H2,1H3,(H,19,21)(H,20,22). The molecule has 2 aromatic carbocycles. The third-order valence-corrected chi connectivity index (χ3v) is 3.65. The molecule has 124 valence electrons. The van der Waals surface area contributed by atoms with Crippen molar-refractivity contribution in [1.82, 2.24) is 5.32 Å². The van der Waals surface area contributed by atoms with Gasteiger partial charge in [-0.2, -0.15) is 0 Å². The molecule has 24 heavy (non-hydrogen) atoms. The van der Waals surface area contributed by atoms with Gasteiger partial charge in [-0.05, 0) is 24.6 Å². The number of hydrogen-bond donors (Lipinski definition) is 2. The molecular formula is C18H18N2O4. The van der Waals surface area contributed by atoms with Crippen LogP contribution < -0.4 is 20.1 Å². The molecule has 0 fully saturated rings. The second kappa shape index (κ2) is 7.04. The number of carbonyl (C=O) groups is 2. The van der Waals surface area contributed by atoms with Crippen molar-refractivity contribution in [2.24, 2.45) is 0 Å². The van der Waals surface area contributed by atoms with Gasteiger partial charge < -0.3 is 20.1 Å². The van der Waals surface area contributed by atoms with Gasteiger partial charge in [-0.25, -0.2) is 0 Å². The molecule has 1 aliphatic heterocycles. The van der Waals surface area contributed by atoms with Crippen LogP contribution in [-0.2, 0) is 9.59 Å². The highest BCUT2D eigenvalue weighted by molar-refractivity contribution is 6.03. The van der Waals surface area contributed by atoms with E-state index in [-0.39, 0.29) is 31.1 Å². The smallest absolute Gasteiger partial charge is 0.233 e. The van der Waals surface area contributed by atoms with Crippen LogP contribution in [0.2, 0.25) is 0 Å². The molecule has 0 spiro atoms. The fraction of sp³-hybridized carbons (Fsp3) is 0.222. The topological polar surface area (TPSA) is 76.7 Å². The van der Waals surface area contributed by atoms with Gasteiger partial charge in [0.05, 0.1) is 6.04 Å². The van der Waals surface area contributed by atoms with E-state index in [4.69, 9.17) is 9.47 Å². The maximum absolute atomic E-state index is 12.0. The Kier molecular flexibility index (Phi) is 4.65. The SMILES string of the molecule is CC(NC(=O)CC(=O)Nc1ccc2c(c1)OCO2)c1ccccc1. The van der Waals surface area contributed by atoms with E-state index in [1.54, 1.807) is 18.2 Å². The molecule has 6 heteroatoms. The molecule has 2 amide bonds. The van der Waals surface area contributed by atoms with Crippen molar-refractivity contribution < 1.29 is 19.1 Å². The minimum Gasteiger partial charge on any atom is -0.454 e. The molecule has 1 unspecified atom stereocenters. The Morgan fingerprint density at radius 3 is 2.58 bits per heavy atom. The van der Waals surface area contributed by atoms with Crippen LogP contribution in [0.3, 0.4) is 0 Å². The Balaban J connectivity index is 1.52. The van der Waals surface area contributed by atoms with Gasteiger partial charge in [0.2, 0.25) is 18.6 Å². The van der Waals surface area contributed by atoms with Crippen molar-refractivity contribution in [1.29, 1.82) is 0 Å². The number of amides is 2. The van der Waals surface area contributed by atoms with E-state index in [1.807, 2.05) is 37.3 Å². The van der Waals surface area contributed by atoms with Gasteiger partial charge in [-0.3, -0.25) is 9.59 Å². The largest absolute Gasteiger partial charge is 0.454 e. The van der Waals surface area contributed by atoms with Crippen LogP contribution in [0.25, 0.3) is 0 Å². The molecule has 6 nitrogen and oxygen atoms in total. The molecule has 1 heterocycles. The Bertz CT molecular complexity index is 746. The Labute approximate surface area is 139 Å². The van der Waals surface area contributed by atoms with Gasteiger partial charge in [-0.1, -0.05) is 30.3 Å². The molecule has 0 aromatic heterocycles.